The number of rotatable bonds is 6. The normalized spacial score (nSPS) is 11.7. The third-order valence-electron chi connectivity index (χ3n) is 2.49. The molecule has 0 radical (unpaired) electrons. The minimum absolute atomic E-state index is 0.197. The lowest BCUT2D eigenvalue weighted by molar-refractivity contribution is 0.593. The van der Waals surface area contributed by atoms with Crippen LogP contribution < -0.4 is 5.32 Å². The Hall–Kier alpha value is -0.940. The molecule has 0 atom stereocenters. The highest BCUT2D eigenvalue weighted by molar-refractivity contribution is 7.90. The van der Waals surface area contributed by atoms with Crippen LogP contribution in [0.1, 0.15) is 17.5 Å². The van der Waals surface area contributed by atoms with Crippen molar-refractivity contribution in [3.05, 3.63) is 35.1 Å². The zero-order valence-corrected chi connectivity index (χ0v) is 11.0. The summed E-state index contributed by atoms with van der Waals surface area (Å²) in [5.74, 6) is -0.0362. The van der Waals surface area contributed by atoms with E-state index in [0.29, 0.717) is 19.5 Å². The molecule has 1 N–H and O–H groups in total. The van der Waals surface area contributed by atoms with Crippen LogP contribution in [0.15, 0.2) is 18.2 Å². The van der Waals surface area contributed by atoms with Crippen LogP contribution >= 0.6 is 0 Å². The number of benzene rings is 1. The molecule has 0 spiro atoms. The molecule has 0 bridgehead atoms. The largest absolute Gasteiger partial charge is 0.313 e. The van der Waals surface area contributed by atoms with Gasteiger partial charge in [0.25, 0.3) is 0 Å². The third kappa shape index (κ3) is 5.79. The van der Waals surface area contributed by atoms with Gasteiger partial charge >= 0.3 is 0 Å². The first-order valence-corrected chi connectivity index (χ1v) is 7.58. The second kappa shape index (κ2) is 6.12. The van der Waals surface area contributed by atoms with Gasteiger partial charge in [0.2, 0.25) is 0 Å². The Kier molecular flexibility index (Phi) is 5.08. The van der Waals surface area contributed by atoms with Gasteiger partial charge in [-0.2, -0.15) is 0 Å². The smallest absolute Gasteiger partial charge is 0.147 e. The molecule has 3 nitrogen and oxygen atoms in total. The van der Waals surface area contributed by atoms with Crippen LogP contribution in [0.5, 0.6) is 0 Å². The fraction of sp³-hybridized carbons (Fsp3) is 0.500. The molecule has 0 saturated carbocycles. The summed E-state index contributed by atoms with van der Waals surface area (Å²) in [6.07, 6.45) is 1.83. The average Bonchev–Trinajstić information content (AvgIpc) is 2.18. The van der Waals surface area contributed by atoms with Crippen molar-refractivity contribution in [2.45, 2.75) is 19.9 Å². The minimum atomic E-state index is -2.87. The molecule has 1 aromatic rings. The Morgan fingerprint density at radius 1 is 1.35 bits per heavy atom. The van der Waals surface area contributed by atoms with Crippen molar-refractivity contribution in [3.8, 4) is 0 Å². The summed E-state index contributed by atoms with van der Waals surface area (Å²) in [7, 11) is -2.87. The van der Waals surface area contributed by atoms with E-state index < -0.39 is 9.84 Å². The van der Waals surface area contributed by atoms with Crippen LogP contribution in [0, 0.1) is 12.7 Å². The van der Waals surface area contributed by atoms with Crippen LogP contribution in [0.2, 0.25) is 0 Å². The van der Waals surface area contributed by atoms with Crippen LogP contribution in [0.3, 0.4) is 0 Å². The second-order valence-electron chi connectivity index (χ2n) is 4.23. The van der Waals surface area contributed by atoms with E-state index in [2.05, 4.69) is 5.32 Å². The molecule has 0 aliphatic carbocycles. The molecule has 17 heavy (non-hydrogen) atoms. The number of sulfone groups is 1. The zero-order valence-electron chi connectivity index (χ0n) is 10.2. The summed E-state index contributed by atoms with van der Waals surface area (Å²) < 4.78 is 34.6. The molecule has 0 unspecified atom stereocenters. The lowest BCUT2D eigenvalue weighted by Gasteiger charge is -2.07. The molecule has 96 valence electrons. The van der Waals surface area contributed by atoms with Gasteiger partial charge in [0.15, 0.2) is 0 Å². The molecule has 0 saturated heterocycles. The molecule has 0 heterocycles. The summed E-state index contributed by atoms with van der Waals surface area (Å²) in [6, 6.07) is 4.67. The number of aryl methyl sites for hydroxylation is 1. The standard InChI is InChI=1S/C12H18FNO2S/c1-10-8-12(13)5-4-11(10)9-14-6-3-7-17(2,15)16/h4-5,8,14H,3,6-7,9H2,1-2H3. The van der Waals surface area contributed by atoms with Crippen molar-refractivity contribution in [1.29, 1.82) is 0 Å². The van der Waals surface area contributed by atoms with Gasteiger partial charge in [0, 0.05) is 12.8 Å². The van der Waals surface area contributed by atoms with Gasteiger partial charge in [-0.25, -0.2) is 12.8 Å². The van der Waals surface area contributed by atoms with Crippen molar-refractivity contribution < 1.29 is 12.8 Å². The van der Waals surface area contributed by atoms with Crippen LogP contribution in [0.4, 0.5) is 4.39 Å². The zero-order chi connectivity index (χ0) is 12.9. The SMILES string of the molecule is Cc1cc(F)ccc1CNCCCS(C)(=O)=O. The summed E-state index contributed by atoms with van der Waals surface area (Å²) in [6.45, 7) is 3.14. The maximum Gasteiger partial charge on any atom is 0.147 e. The highest BCUT2D eigenvalue weighted by atomic mass is 32.2. The van der Waals surface area contributed by atoms with Crippen LogP contribution in [0.25, 0.3) is 0 Å². The monoisotopic (exact) mass is 259 g/mol. The summed E-state index contributed by atoms with van der Waals surface area (Å²) in [5, 5.41) is 3.15. The molecular weight excluding hydrogens is 241 g/mol. The van der Waals surface area contributed by atoms with Crippen LogP contribution in [-0.4, -0.2) is 27.0 Å². The predicted molar refractivity (Wildman–Crippen MR) is 67.2 cm³/mol. The number of hydrogen-bond donors (Lipinski definition) is 1. The molecule has 0 amide bonds. The highest BCUT2D eigenvalue weighted by Crippen LogP contribution is 2.09. The van der Waals surface area contributed by atoms with E-state index in [-0.39, 0.29) is 11.6 Å². The second-order valence-corrected chi connectivity index (χ2v) is 6.49. The molecular formula is C12H18FNO2S. The van der Waals surface area contributed by atoms with Gasteiger partial charge in [0.1, 0.15) is 15.7 Å². The Morgan fingerprint density at radius 3 is 2.65 bits per heavy atom. The number of hydrogen-bond acceptors (Lipinski definition) is 3. The van der Waals surface area contributed by atoms with Crippen molar-refractivity contribution in [3.63, 3.8) is 0 Å². The maximum absolute atomic E-state index is 12.8. The topological polar surface area (TPSA) is 46.2 Å². The minimum Gasteiger partial charge on any atom is -0.313 e. The van der Waals surface area contributed by atoms with Gasteiger partial charge in [-0.15, -0.1) is 0 Å². The van der Waals surface area contributed by atoms with E-state index in [9.17, 15) is 12.8 Å². The first kappa shape index (κ1) is 14.1. The lowest BCUT2D eigenvalue weighted by atomic mass is 10.1. The molecule has 5 heteroatoms. The number of nitrogens with one attached hydrogen (secondary N) is 1. The van der Waals surface area contributed by atoms with E-state index in [0.717, 1.165) is 11.1 Å². The summed E-state index contributed by atoms with van der Waals surface area (Å²) >= 11 is 0. The predicted octanol–water partition coefficient (Wildman–Crippen LogP) is 1.66. The van der Waals surface area contributed by atoms with E-state index in [1.54, 1.807) is 6.07 Å². The van der Waals surface area contributed by atoms with Crippen molar-refractivity contribution in [2.24, 2.45) is 0 Å². The molecule has 1 aromatic carbocycles. The molecule has 0 aliphatic heterocycles. The van der Waals surface area contributed by atoms with E-state index in [1.807, 2.05) is 6.92 Å². The quantitative estimate of drug-likeness (QED) is 0.790. The summed E-state index contributed by atoms with van der Waals surface area (Å²) in [5.41, 5.74) is 1.94. The Morgan fingerprint density at radius 2 is 2.06 bits per heavy atom. The van der Waals surface area contributed by atoms with E-state index in [1.165, 1.54) is 18.4 Å². The van der Waals surface area contributed by atoms with Crippen LogP contribution in [-0.2, 0) is 16.4 Å². The fourth-order valence-corrected chi connectivity index (χ4v) is 2.21. The first-order chi connectivity index (χ1) is 7.88. The van der Waals surface area contributed by atoms with Gasteiger partial charge in [-0.1, -0.05) is 6.07 Å². The fourth-order valence-electron chi connectivity index (χ4n) is 1.54. The van der Waals surface area contributed by atoms with E-state index in [4.69, 9.17) is 0 Å². The molecule has 0 aliphatic rings. The van der Waals surface area contributed by atoms with E-state index >= 15 is 0 Å². The average molecular weight is 259 g/mol. The molecule has 0 aromatic heterocycles. The van der Waals surface area contributed by atoms with Crippen molar-refractivity contribution in [1.82, 2.24) is 5.32 Å². The molecule has 0 fully saturated rings. The Balaban J connectivity index is 2.32. The first-order valence-electron chi connectivity index (χ1n) is 5.52. The maximum atomic E-state index is 12.8. The van der Waals surface area contributed by atoms with Gasteiger partial charge in [-0.3, -0.25) is 0 Å². The van der Waals surface area contributed by atoms with Gasteiger partial charge in [0.05, 0.1) is 5.75 Å². The number of halogens is 1. The lowest BCUT2D eigenvalue weighted by Crippen LogP contribution is -2.18. The Labute approximate surface area is 102 Å². The summed E-state index contributed by atoms with van der Waals surface area (Å²) in [4.78, 5) is 0. The van der Waals surface area contributed by atoms with Crippen molar-refractivity contribution >= 4 is 9.84 Å². The molecule has 1 rings (SSSR count). The van der Waals surface area contributed by atoms with Gasteiger partial charge in [-0.05, 0) is 43.1 Å². The third-order valence-corrected chi connectivity index (χ3v) is 3.52. The van der Waals surface area contributed by atoms with Gasteiger partial charge < -0.3 is 5.32 Å². The van der Waals surface area contributed by atoms with Crippen molar-refractivity contribution in [2.75, 3.05) is 18.6 Å². The Bertz CT molecular complexity index is 471. The highest BCUT2D eigenvalue weighted by Gasteiger charge is 2.02.